The molecule has 1 heterocycles. The van der Waals surface area contributed by atoms with Crippen molar-refractivity contribution in [1.82, 2.24) is 9.88 Å². The van der Waals surface area contributed by atoms with Gasteiger partial charge >= 0.3 is 0 Å². The van der Waals surface area contributed by atoms with E-state index in [9.17, 15) is 4.79 Å². The first kappa shape index (κ1) is 19.4. The maximum absolute atomic E-state index is 12.1. The second-order valence-electron chi connectivity index (χ2n) is 5.52. The topological polar surface area (TPSA) is 59.2 Å². The third-order valence-corrected chi connectivity index (χ3v) is 4.82. The number of thiazole rings is 1. The molecule has 0 aliphatic carbocycles. The molecule has 1 aromatic rings. The Hall–Kier alpha value is -0.650. The van der Waals surface area contributed by atoms with Crippen LogP contribution in [0.15, 0.2) is 0 Å². The molecule has 0 bridgehead atoms. The summed E-state index contributed by atoms with van der Waals surface area (Å²) >= 11 is 1.70. The van der Waals surface area contributed by atoms with E-state index < -0.39 is 0 Å². The zero-order valence-electron chi connectivity index (χ0n) is 13.1. The third kappa shape index (κ3) is 4.72. The molecule has 0 aliphatic rings. The zero-order valence-corrected chi connectivity index (χ0v) is 14.8. The second kappa shape index (κ2) is 7.96. The summed E-state index contributed by atoms with van der Waals surface area (Å²) in [6.07, 6.45) is 0.385. The Morgan fingerprint density at radius 1 is 1.35 bits per heavy atom. The number of hydrogen-bond donors (Lipinski definition) is 1. The summed E-state index contributed by atoms with van der Waals surface area (Å²) in [6.45, 7) is 10.2. The van der Waals surface area contributed by atoms with Crippen molar-refractivity contribution in [3.8, 4) is 0 Å². The standard InChI is InChI=1S/C14H25N3OS.ClH/c1-8(2)14-16-10(4)13(19-14)11(5)17(6)12(18)7-9(3)15;/h8-9,11H,7,15H2,1-6H3;1H. The largest absolute Gasteiger partial charge is 0.338 e. The Bertz CT molecular complexity index is 446. The first-order valence-corrected chi connectivity index (χ1v) is 7.54. The van der Waals surface area contributed by atoms with Crippen LogP contribution in [0, 0.1) is 6.92 Å². The minimum absolute atomic E-state index is 0. The predicted molar refractivity (Wildman–Crippen MR) is 87.6 cm³/mol. The van der Waals surface area contributed by atoms with Crippen LogP contribution in [-0.4, -0.2) is 28.9 Å². The second-order valence-corrected chi connectivity index (χ2v) is 6.58. The molecule has 0 saturated carbocycles. The van der Waals surface area contributed by atoms with Crippen LogP contribution in [0.2, 0.25) is 0 Å². The Morgan fingerprint density at radius 3 is 2.30 bits per heavy atom. The minimum Gasteiger partial charge on any atom is -0.338 e. The number of nitrogens with zero attached hydrogens (tertiary/aromatic N) is 2. The Kier molecular flexibility index (Phi) is 7.70. The molecular formula is C14H26ClN3OS. The molecule has 0 aromatic carbocycles. The normalized spacial score (nSPS) is 13.8. The molecule has 2 N–H and O–H groups in total. The number of amides is 1. The highest BCUT2D eigenvalue weighted by Crippen LogP contribution is 2.31. The Morgan fingerprint density at radius 2 is 1.90 bits per heavy atom. The quantitative estimate of drug-likeness (QED) is 0.906. The van der Waals surface area contributed by atoms with E-state index in [1.165, 1.54) is 4.88 Å². The van der Waals surface area contributed by atoms with Crippen molar-refractivity contribution in [2.24, 2.45) is 5.73 Å². The van der Waals surface area contributed by atoms with Gasteiger partial charge in [-0.05, 0) is 20.8 Å². The van der Waals surface area contributed by atoms with E-state index in [4.69, 9.17) is 5.73 Å². The smallest absolute Gasteiger partial charge is 0.224 e. The van der Waals surface area contributed by atoms with Crippen molar-refractivity contribution in [3.05, 3.63) is 15.6 Å². The maximum atomic E-state index is 12.1. The van der Waals surface area contributed by atoms with Gasteiger partial charge in [0.25, 0.3) is 0 Å². The summed E-state index contributed by atoms with van der Waals surface area (Å²) < 4.78 is 0. The molecule has 1 amide bonds. The highest BCUT2D eigenvalue weighted by molar-refractivity contribution is 7.11. The lowest BCUT2D eigenvalue weighted by atomic mass is 10.1. The molecule has 2 unspecified atom stereocenters. The van der Waals surface area contributed by atoms with Crippen LogP contribution < -0.4 is 5.73 Å². The highest BCUT2D eigenvalue weighted by atomic mass is 35.5. The molecule has 2 atom stereocenters. The molecular weight excluding hydrogens is 294 g/mol. The number of halogens is 1. The summed E-state index contributed by atoms with van der Waals surface area (Å²) in [7, 11) is 1.84. The minimum atomic E-state index is -0.101. The molecule has 0 radical (unpaired) electrons. The molecule has 116 valence electrons. The van der Waals surface area contributed by atoms with E-state index in [0.717, 1.165) is 10.7 Å². The summed E-state index contributed by atoms with van der Waals surface area (Å²) in [4.78, 5) is 19.6. The monoisotopic (exact) mass is 319 g/mol. The van der Waals surface area contributed by atoms with Crippen molar-refractivity contribution >= 4 is 29.7 Å². The van der Waals surface area contributed by atoms with Gasteiger partial charge in [-0.25, -0.2) is 4.98 Å². The fourth-order valence-electron chi connectivity index (χ4n) is 1.88. The van der Waals surface area contributed by atoms with Gasteiger partial charge in [0, 0.05) is 30.3 Å². The number of nitrogens with two attached hydrogens (primary N) is 1. The number of aromatic nitrogens is 1. The lowest BCUT2D eigenvalue weighted by Crippen LogP contribution is -2.33. The van der Waals surface area contributed by atoms with Gasteiger partial charge < -0.3 is 10.6 Å². The van der Waals surface area contributed by atoms with Crippen LogP contribution in [-0.2, 0) is 4.79 Å². The van der Waals surface area contributed by atoms with Gasteiger partial charge in [-0.2, -0.15) is 0 Å². The van der Waals surface area contributed by atoms with Gasteiger partial charge in [0.1, 0.15) is 0 Å². The number of hydrogen-bond acceptors (Lipinski definition) is 4. The van der Waals surface area contributed by atoms with Crippen molar-refractivity contribution in [2.75, 3.05) is 7.05 Å². The average Bonchev–Trinajstić information content (AvgIpc) is 2.68. The van der Waals surface area contributed by atoms with E-state index in [2.05, 4.69) is 18.8 Å². The van der Waals surface area contributed by atoms with Crippen LogP contribution in [0.3, 0.4) is 0 Å². The lowest BCUT2D eigenvalue weighted by Gasteiger charge is -2.25. The molecule has 6 heteroatoms. The number of carbonyl (C=O) groups is 1. The van der Waals surface area contributed by atoms with Crippen LogP contribution >= 0.6 is 23.7 Å². The maximum Gasteiger partial charge on any atom is 0.224 e. The average molecular weight is 320 g/mol. The number of carbonyl (C=O) groups excluding carboxylic acids is 1. The molecule has 4 nitrogen and oxygen atoms in total. The van der Waals surface area contributed by atoms with E-state index in [0.29, 0.717) is 12.3 Å². The van der Waals surface area contributed by atoms with Crippen LogP contribution in [0.25, 0.3) is 0 Å². The van der Waals surface area contributed by atoms with Crippen molar-refractivity contribution in [3.63, 3.8) is 0 Å². The van der Waals surface area contributed by atoms with Gasteiger partial charge in [-0.15, -0.1) is 23.7 Å². The zero-order chi connectivity index (χ0) is 14.7. The fraction of sp³-hybridized carbons (Fsp3) is 0.714. The van der Waals surface area contributed by atoms with Gasteiger partial charge in [-0.3, -0.25) is 4.79 Å². The van der Waals surface area contributed by atoms with Gasteiger partial charge in [0.05, 0.1) is 16.7 Å². The lowest BCUT2D eigenvalue weighted by molar-refractivity contribution is -0.132. The molecule has 1 aromatic heterocycles. The van der Waals surface area contributed by atoms with Crippen LogP contribution in [0.5, 0.6) is 0 Å². The Balaban J connectivity index is 0.00000361. The van der Waals surface area contributed by atoms with Gasteiger partial charge in [0.2, 0.25) is 5.91 Å². The summed E-state index contributed by atoms with van der Waals surface area (Å²) in [6, 6.07) is -0.0489. The fourth-order valence-corrected chi connectivity index (χ4v) is 3.04. The van der Waals surface area contributed by atoms with Crippen molar-refractivity contribution in [1.29, 1.82) is 0 Å². The first-order valence-electron chi connectivity index (χ1n) is 6.72. The third-order valence-electron chi connectivity index (χ3n) is 3.19. The molecule has 0 aliphatic heterocycles. The summed E-state index contributed by atoms with van der Waals surface area (Å²) in [5.41, 5.74) is 6.72. The van der Waals surface area contributed by atoms with Crippen LogP contribution in [0.1, 0.15) is 61.7 Å². The Labute approximate surface area is 132 Å². The van der Waals surface area contributed by atoms with Crippen LogP contribution in [0.4, 0.5) is 0 Å². The summed E-state index contributed by atoms with van der Waals surface area (Å²) in [5.74, 6) is 0.510. The van der Waals surface area contributed by atoms with E-state index >= 15 is 0 Å². The molecule has 0 fully saturated rings. The highest BCUT2D eigenvalue weighted by Gasteiger charge is 2.23. The van der Waals surface area contributed by atoms with Gasteiger partial charge in [0.15, 0.2) is 0 Å². The van der Waals surface area contributed by atoms with E-state index in [1.807, 2.05) is 27.8 Å². The van der Waals surface area contributed by atoms with Crippen molar-refractivity contribution < 1.29 is 4.79 Å². The molecule has 20 heavy (non-hydrogen) atoms. The number of rotatable bonds is 5. The van der Waals surface area contributed by atoms with Gasteiger partial charge in [-0.1, -0.05) is 13.8 Å². The number of aryl methyl sites for hydroxylation is 1. The SMILES string of the molecule is Cc1nc(C(C)C)sc1C(C)N(C)C(=O)CC(C)N.Cl. The summed E-state index contributed by atoms with van der Waals surface area (Å²) in [5, 5.41) is 1.13. The molecule has 0 spiro atoms. The van der Waals surface area contributed by atoms with E-state index in [1.54, 1.807) is 16.2 Å². The molecule has 1 rings (SSSR count). The predicted octanol–water partition coefficient (Wildman–Crippen LogP) is 3.25. The molecule has 0 saturated heterocycles. The van der Waals surface area contributed by atoms with E-state index in [-0.39, 0.29) is 30.4 Å². The first-order chi connectivity index (χ1) is 8.73. The van der Waals surface area contributed by atoms with Crippen molar-refractivity contribution in [2.45, 2.75) is 59.0 Å².